The lowest BCUT2D eigenvalue weighted by molar-refractivity contribution is -0.136. The van der Waals surface area contributed by atoms with Crippen LogP contribution in [0.4, 0.5) is 5.69 Å². The zero-order valence-electron chi connectivity index (χ0n) is 14.9. The van der Waals surface area contributed by atoms with E-state index < -0.39 is 11.8 Å². The monoisotopic (exact) mass is 398 g/mol. The topological polar surface area (TPSA) is 75.3 Å². The fourth-order valence-electron chi connectivity index (χ4n) is 2.39. The Morgan fingerprint density at radius 2 is 1.78 bits per heavy atom. The van der Waals surface area contributed by atoms with Gasteiger partial charge in [0.05, 0.1) is 11.4 Å². The van der Waals surface area contributed by atoms with Gasteiger partial charge in [0.15, 0.2) is 0 Å². The number of carbonyl (C=O) groups is 3. The van der Waals surface area contributed by atoms with E-state index in [2.05, 4.69) is 10.6 Å². The van der Waals surface area contributed by atoms with Gasteiger partial charge in [0.25, 0.3) is 0 Å². The van der Waals surface area contributed by atoms with Crippen LogP contribution >= 0.6 is 22.7 Å². The minimum atomic E-state index is -0.718. The number of benzene rings is 1. The number of aryl methyl sites for hydroxylation is 2. The number of amides is 2. The number of nitrogens with one attached hydrogen (secondary N) is 2. The third kappa shape index (κ3) is 4.69. The summed E-state index contributed by atoms with van der Waals surface area (Å²) in [5.41, 5.74) is 3.39. The highest BCUT2D eigenvalue weighted by atomic mass is 32.1. The molecule has 2 amide bonds. The van der Waals surface area contributed by atoms with E-state index in [1.165, 1.54) is 22.7 Å². The zero-order valence-corrected chi connectivity index (χ0v) is 16.5. The van der Waals surface area contributed by atoms with Gasteiger partial charge in [-0.25, -0.2) is 0 Å². The summed E-state index contributed by atoms with van der Waals surface area (Å²) in [6, 6.07) is 10.8. The van der Waals surface area contributed by atoms with Crippen molar-refractivity contribution >= 4 is 46.0 Å². The summed E-state index contributed by atoms with van der Waals surface area (Å²) in [6.45, 7) is 4.11. The van der Waals surface area contributed by atoms with Gasteiger partial charge in [-0.2, -0.15) is 11.3 Å². The van der Waals surface area contributed by atoms with E-state index in [0.29, 0.717) is 16.1 Å². The summed E-state index contributed by atoms with van der Waals surface area (Å²) in [7, 11) is 0. The third-order valence-electron chi connectivity index (χ3n) is 4.06. The van der Waals surface area contributed by atoms with Crippen LogP contribution in [0.2, 0.25) is 0 Å². The molecular formula is C20H18N2O3S2. The molecule has 0 spiro atoms. The van der Waals surface area contributed by atoms with Gasteiger partial charge in [0, 0.05) is 21.5 Å². The quantitative estimate of drug-likeness (QED) is 0.505. The minimum Gasteiger partial charge on any atom is -0.343 e. The first-order valence-electron chi connectivity index (χ1n) is 8.26. The van der Waals surface area contributed by atoms with Gasteiger partial charge in [0.1, 0.15) is 0 Å². The summed E-state index contributed by atoms with van der Waals surface area (Å²) >= 11 is 2.78. The molecule has 0 saturated heterocycles. The Morgan fingerprint density at radius 1 is 0.963 bits per heavy atom. The normalized spacial score (nSPS) is 10.4. The second-order valence-electron chi connectivity index (χ2n) is 6.04. The molecule has 5 nitrogen and oxygen atoms in total. The Morgan fingerprint density at radius 3 is 2.48 bits per heavy atom. The van der Waals surface area contributed by atoms with Crippen LogP contribution in [-0.4, -0.2) is 17.6 Å². The zero-order chi connectivity index (χ0) is 19.4. The van der Waals surface area contributed by atoms with Gasteiger partial charge in [-0.1, -0.05) is 6.07 Å². The molecule has 0 aliphatic carbocycles. The van der Waals surface area contributed by atoms with Crippen molar-refractivity contribution in [2.45, 2.75) is 20.4 Å². The molecule has 0 aliphatic heterocycles. The molecule has 138 valence electrons. The van der Waals surface area contributed by atoms with Crippen LogP contribution in [-0.2, 0) is 16.1 Å². The predicted octanol–water partition coefficient (Wildman–Crippen LogP) is 3.91. The van der Waals surface area contributed by atoms with Gasteiger partial charge < -0.3 is 10.6 Å². The van der Waals surface area contributed by atoms with E-state index in [9.17, 15) is 14.4 Å². The summed E-state index contributed by atoms with van der Waals surface area (Å²) in [6.07, 6.45) is 0. The van der Waals surface area contributed by atoms with Crippen molar-refractivity contribution in [3.63, 3.8) is 0 Å². The minimum absolute atomic E-state index is 0.0358. The van der Waals surface area contributed by atoms with E-state index in [0.717, 1.165) is 16.0 Å². The van der Waals surface area contributed by atoms with Crippen molar-refractivity contribution in [1.29, 1.82) is 0 Å². The molecule has 27 heavy (non-hydrogen) atoms. The molecule has 0 saturated carbocycles. The summed E-state index contributed by atoms with van der Waals surface area (Å²) < 4.78 is 0. The molecule has 3 aromatic rings. The van der Waals surface area contributed by atoms with Crippen LogP contribution in [0.25, 0.3) is 0 Å². The first-order chi connectivity index (χ1) is 12.9. The maximum Gasteiger partial charge on any atom is 0.313 e. The van der Waals surface area contributed by atoms with Crippen LogP contribution in [0.1, 0.15) is 31.2 Å². The first-order valence-corrected chi connectivity index (χ1v) is 10.0. The van der Waals surface area contributed by atoms with E-state index in [1.54, 1.807) is 29.6 Å². The van der Waals surface area contributed by atoms with Crippen molar-refractivity contribution in [3.05, 3.63) is 73.6 Å². The van der Waals surface area contributed by atoms with Crippen molar-refractivity contribution in [2.24, 2.45) is 0 Å². The SMILES string of the molecule is Cc1ccc(NC(=O)C(=O)NCc2ccc(C(=O)c3ccsc3)s2)cc1C. The summed E-state index contributed by atoms with van der Waals surface area (Å²) in [5, 5.41) is 8.83. The number of rotatable bonds is 5. The number of ketones is 1. The van der Waals surface area contributed by atoms with Gasteiger partial charge in [-0.05, 0) is 60.7 Å². The molecule has 2 N–H and O–H groups in total. The fraction of sp³-hybridized carbons (Fsp3) is 0.150. The maximum absolute atomic E-state index is 12.3. The molecule has 0 radical (unpaired) electrons. The van der Waals surface area contributed by atoms with E-state index >= 15 is 0 Å². The lowest BCUT2D eigenvalue weighted by atomic mass is 10.1. The smallest absolute Gasteiger partial charge is 0.313 e. The second-order valence-corrected chi connectivity index (χ2v) is 7.99. The van der Waals surface area contributed by atoms with Gasteiger partial charge in [0.2, 0.25) is 5.78 Å². The Labute approximate surface area is 165 Å². The van der Waals surface area contributed by atoms with E-state index in [4.69, 9.17) is 0 Å². The van der Waals surface area contributed by atoms with Crippen molar-refractivity contribution < 1.29 is 14.4 Å². The second kappa shape index (κ2) is 8.28. The molecule has 7 heteroatoms. The van der Waals surface area contributed by atoms with Crippen LogP contribution in [0.3, 0.4) is 0 Å². The van der Waals surface area contributed by atoms with Crippen LogP contribution < -0.4 is 10.6 Å². The average Bonchev–Trinajstić information content (AvgIpc) is 3.34. The Bertz CT molecular complexity index is 991. The Kier molecular flexibility index (Phi) is 5.83. The molecule has 1 aromatic carbocycles. The predicted molar refractivity (Wildman–Crippen MR) is 108 cm³/mol. The van der Waals surface area contributed by atoms with Crippen molar-refractivity contribution in [2.75, 3.05) is 5.32 Å². The van der Waals surface area contributed by atoms with Crippen molar-refractivity contribution in [3.8, 4) is 0 Å². The highest BCUT2D eigenvalue weighted by Gasteiger charge is 2.16. The van der Waals surface area contributed by atoms with E-state index in [1.807, 2.05) is 31.4 Å². The standard InChI is InChI=1S/C20H18N2O3S2/c1-12-3-4-15(9-13(12)2)22-20(25)19(24)21-10-16-5-6-17(27-16)18(23)14-7-8-26-11-14/h3-9,11H,10H2,1-2H3,(H,21,24)(H,22,25). The summed E-state index contributed by atoms with van der Waals surface area (Å²) in [4.78, 5) is 37.7. The van der Waals surface area contributed by atoms with Gasteiger partial charge in [-0.3, -0.25) is 14.4 Å². The van der Waals surface area contributed by atoms with Crippen LogP contribution in [0.15, 0.2) is 47.2 Å². The van der Waals surface area contributed by atoms with Crippen LogP contribution in [0, 0.1) is 13.8 Å². The van der Waals surface area contributed by atoms with Crippen LogP contribution in [0.5, 0.6) is 0 Å². The molecule has 2 aromatic heterocycles. The first kappa shape index (κ1) is 19.0. The largest absolute Gasteiger partial charge is 0.343 e. The molecule has 0 unspecified atom stereocenters. The Hall–Kier alpha value is -2.77. The number of hydrogen-bond donors (Lipinski definition) is 2. The highest BCUT2D eigenvalue weighted by molar-refractivity contribution is 7.14. The molecule has 2 heterocycles. The number of anilines is 1. The maximum atomic E-state index is 12.3. The highest BCUT2D eigenvalue weighted by Crippen LogP contribution is 2.21. The third-order valence-corrected chi connectivity index (χ3v) is 5.83. The average molecular weight is 399 g/mol. The number of thiophene rings is 2. The van der Waals surface area contributed by atoms with Gasteiger partial charge in [-0.15, -0.1) is 11.3 Å². The molecule has 0 fully saturated rings. The fourth-order valence-corrected chi connectivity index (χ4v) is 3.93. The lowest BCUT2D eigenvalue weighted by Crippen LogP contribution is -2.34. The summed E-state index contributed by atoms with van der Waals surface area (Å²) in [5.74, 6) is -1.47. The lowest BCUT2D eigenvalue weighted by Gasteiger charge is -2.07. The number of carbonyl (C=O) groups excluding carboxylic acids is 3. The van der Waals surface area contributed by atoms with E-state index in [-0.39, 0.29) is 12.3 Å². The van der Waals surface area contributed by atoms with Crippen molar-refractivity contribution in [1.82, 2.24) is 5.32 Å². The molecule has 0 aliphatic rings. The molecule has 3 rings (SSSR count). The Balaban J connectivity index is 1.55. The molecule has 0 atom stereocenters. The van der Waals surface area contributed by atoms with Gasteiger partial charge >= 0.3 is 11.8 Å². The number of hydrogen-bond acceptors (Lipinski definition) is 5. The molecular weight excluding hydrogens is 380 g/mol. The molecule has 0 bridgehead atoms.